The van der Waals surface area contributed by atoms with Crippen LogP contribution in [-0.2, 0) is 0 Å². The standard InChI is InChI=1S/C19H21N3O2/c1-3-10-23-17-8-7-14(12-15(17)20)16-13-22-9-5-6-18(19(22)21-16)24-11-4-2/h4-9,12-13H,2-3,10-11,20H2,1H3. The Labute approximate surface area is 141 Å². The number of benzene rings is 1. The Morgan fingerprint density at radius 3 is 2.88 bits per heavy atom. The van der Waals surface area contributed by atoms with Gasteiger partial charge in [-0.25, -0.2) is 4.98 Å². The summed E-state index contributed by atoms with van der Waals surface area (Å²) in [7, 11) is 0. The van der Waals surface area contributed by atoms with Gasteiger partial charge in [-0.2, -0.15) is 0 Å². The van der Waals surface area contributed by atoms with E-state index in [0.29, 0.717) is 24.7 Å². The predicted molar refractivity (Wildman–Crippen MR) is 96.5 cm³/mol. The van der Waals surface area contributed by atoms with Crippen LogP contribution in [0.3, 0.4) is 0 Å². The van der Waals surface area contributed by atoms with Gasteiger partial charge in [-0.1, -0.05) is 19.6 Å². The molecule has 0 amide bonds. The van der Waals surface area contributed by atoms with Gasteiger partial charge in [0, 0.05) is 18.0 Å². The van der Waals surface area contributed by atoms with Crippen molar-refractivity contribution in [2.45, 2.75) is 13.3 Å². The monoisotopic (exact) mass is 323 g/mol. The zero-order valence-corrected chi connectivity index (χ0v) is 13.7. The van der Waals surface area contributed by atoms with Crippen LogP contribution in [0.5, 0.6) is 11.5 Å². The van der Waals surface area contributed by atoms with Crippen LogP contribution < -0.4 is 15.2 Å². The highest BCUT2D eigenvalue weighted by atomic mass is 16.5. The number of rotatable bonds is 7. The molecule has 0 aliphatic carbocycles. The Bertz CT molecular complexity index is 855. The van der Waals surface area contributed by atoms with Gasteiger partial charge in [-0.3, -0.25) is 0 Å². The lowest BCUT2D eigenvalue weighted by Gasteiger charge is -2.08. The van der Waals surface area contributed by atoms with E-state index in [9.17, 15) is 0 Å². The maximum atomic E-state index is 6.09. The van der Waals surface area contributed by atoms with Crippen molar-refractivity contribution < 1.29 is 9.47 Å². The van der Waals surface area contributed by atoms with Crippen molar-refractivity contribution in [1.82, 2.24) is 9.38 Å². The van der Waals surface area contributed by atoms with Crippen molar-refractivity contribution >= 4 is 11.3 Å². The van der Waals surface area contributed by atoms with Gasteiger partial charge in [0.05, 0.1) is 18.0 Å². The molecule has 3 rings (SSSR count). The van der Waals surface area contributed by atoms with Crippen LogP contribution in [0.2, 0.25) is 0 Å². The number of fused-ring (bicyclic) bond motifs is 1. The lowest BCUT2D eigenvalue weighted by Crippen LogP contribution is -1.99. The third kappa shape index (κ3) is 3.20. The van der Waals surface area contributed by atoms with Crippen LogP contribution in [0.4, 0.5) is 5.69 Å². The summed E-state index contributed by atoms with van der Waals surface area (Å²) in [4.78, 5) is 4.68. The number of nitrogen functional groups attached to an aromatic ring is 1. The zero-order chi connectivity index (χ0) is 16.9. The van der Waals surface area contributed by atoms with Gasteiger partial charge in [-0.15, -0.1) is 0 Å². The van der Waals surface area contributed by atoms with Gasteiger partial charge in [0.25, 0.3) is 0 Å². The molecule has 1 aromatic carbocycles. The molecule has 2 N–H and O–H groups in total. The third-order valence-electron chi connectivity index (χ3n) is 3.57. The van der Waals surface area contributed by atoms with Crippen molar-refractivity contribution in [3.8, 4) is 22.8 Å². The number of pyridine rings is 1. The average molecular weight is 323 g/mol. The molecule has 24 heavy (non-hydrogen) atoms. The number of ether oxygens (including phenoxy) is 2. The van der Waals surface area contributed by atoms with Crippen LogP contribution >= 0.6 is 0 Å². The molecule has 0 radical (unpaired) electrons. The summed E-state index contributed by atoms with van der Waals surface area (Å²) < 4.78 is 13.2. The average Bonchev–Trinajstić information content (AvgIpc) is 3.03. The van der Waals surface area contributed by atoms with Crippen LogP contribution in [0, 0.1) is 0 Å². The SMILES string of the molecule is C=CCOc1cccn2cc(-c3ccc(OCCC)c(N)c3)nc12. The van der Waals surface area contributed by atoms with Crippen LogP contribution in [0.15, 0.2) is 55.4 Å². The van der Waals surface area contributed by atoms with E-state index >= 15 is 0 Å². The fourth-order valence-electron chi connectivity index (χ4n) is 2.44. The fraction of sp³-hybridized carbons (Fsp3) is 0.211. The summed E-state index contributed by atoms with van der Waals surface area (Å²) in [5, 5.41) is 0. The largest absolute Gasteiger partial charge is 0.491 e. The zero-order valence-electron chi connectivity index (χ0n) is 13.7. The number of nitrogens with two attached hydrogens (primary N) is 1. The minimum absolute atomic E-state index is 0.443. The van der Waals surface area contributed by atoms with E-state index in [4.69, 9.17) is 15.2 Å². The van der Waals surface area contributed by atoms with E-state index in [-0.39, 0.29) is 0 Å². The summed E-state index contributed by atoms with van der Waals surface area (Å²) in [6.45, 7) is 6.83. The molecule has 124 valence electrons. The molecule has 0 spiro atoms. The smallest absolute Gasteiger partial charge is 0.180 e. The lowest BCUT2D eigenvalue weighted by atomic mass is 10.1. The Morgan fingerprint density at radius 2 is 2.12 bits per heavy atom. The summed E-state index contributed by atoms with van der Waals surface area (Å²) in [5.41, 5.74) is 9.24. The molecule has 0 atom stereocenters. The molecule has 2 heterocycles. The number of imidazole rings is 1. The molecular formula is C19H21N3O2. The first-order valence-corrected chi connectivity index (χ1v) is 7.97. The highest BCUT2D eigenvalue weighted by molar-refractivity contribution is 5.71. The normalized spacial score (nSPS) is 10.7. The Hall–Kier alpha value is -2.95. The first-order valence-electron chi connectivity index (χ1n) is 7.97. The van der Waals surface area contributed by atoms with Gasteiger partial charge in [0.2, 0.25) is 0 Å². The number of aromatic nitrogens is 2. The second-order valence-corrected chi connectivity index (χ2v) is 5.43. The Morgan fingerprint density at radius 1 is 1.25 bits per heavy atom. The number of hydrogen-bond acceptors (Lipinski definition) is 4. The first-order chi connectivity index (χ1) is 11.7. The predicted octanol–water partition coefficient (Wildman–Crippen LogP) is 3.94. The van der Waals surface area contributed by atoms with Crippen molar-refractivity contribution in [2.75, 3.05) is 18.9 Å². The molecule has 0 saturated heterocycles. The lowest BCUT2D eigenvalue weighted by molar-refractivity contribution is 0.319. The van der Waals surface area contributed by atoms with Crippen LogP contribution in [-0.4, -0.2) is 22.6 Å². The maximum Gasteiger partial charge on any atom is 0.180 e. The van der Waals surface area contributed by atoms with Gasteiger partial charge < -0.3 is 19.6 Å². The minimum atomic E-state index is 0.443. The van der Waals surface area contributed by atoms with Gasteiger partial charge in [-0.05, 0) is 36.8 Å². The summed E-state index contributed by atoms with van der Waals surface area (Å²) in [6, 6.07) is 9.56. The van der Waals surface area contributed by atoms with Crippen molar-refractivity contribution in [3.05, 3.63) is 55.4 Å². The molecule has 5 heteroatoms. The van der Waals surface area contributed by atoms with Crippen molar-refractivity contribution in [2.24, 2.45) is 0 Å². The van der Waals surface area contributed by atoms with E-state index in [0.717, 1.165) is 29.1 Å². The van der Waals surface area contributed by atoms with Crippen LogP contribution in [0.1, 0.15) is 13.3 Å². The maximum absolute atomic E-state index is 6.09. The third-order valence-corrected chi connectivity index (χ3v) is 3.57. The summed E-state index contributed by atoms with van der Waals surface area (Å²) in [5.74, 6) is 1.43. The number of hydrogen-bond donors (Lipinski definition) is 1. The number of nitrogens with zero attached hydrogens (tertiary/aromatic N) is 2. The van der Waals surface area contributed by atoms with E-state index < -0.39 is 0 Å². The second-order valence-electron chi connectivity index (χ2n) is 5.43. The molecule has 5 nitrogen and oxygen atoms in total. The van der Waals surface area contributed by atoms with E-state index in [2.05, 4.69) is 18.5 Å². The molecule has 3 aromatic rings. The van der Waals surface area contributed by atoms with E-state index in [1.807, 2.05) is 47.1 Å². The Balaban J connectivity index is 1.94. The molecule has 0 fully saturated rings. The van der Waals surface area contributed by atoms with Gasteiger partial charge in [0.15, 0.2) is 11.4 Å². The van der Waals surface area contributed by atoms with Crippen LogP contribution in [0.25, 0.3) is 16.9 Å². The first kappa shape index (κ1) is 15.9. The number of anilines is 1. The molecule has 0 bridgehead atoms. The van der Waals surface area contributed by atoms with Crippen molar-refractivity contribution in [3.63, 3.8) is 0 Å². The summed E-state index contributed by atoms with van der Waals surface area (Å²) >= 11 is 0. The second kappa shape index (κ2) is 7.08. The molecular weight excluding hydrogens is 302 g/mol. The molecule has 0 unspecified atom stereocenters. The summed E-state index contributed by atoms with van der Waals surface area (Å²) in [6.07, 6.45) is 6.55. The van der Waals surface area contributed by atoms with E-state index in [1.54, 1.807) is 6.08 Å². The van der Waals surface area contributed by atoms with E-state index in [1.165, 1.54) is 0 Å². The minimum Gasteiger partial charge on any atom is -0.491 e. The molecule has 2 aromatic heterocycles. The highest BCUT2D eigenvalue weighted by Crippen LogP contribution is 2.30. The molecule has 0 aliphatic rings. The quantitative estimate of drug-likeness (QED) is 0.528. The topological polar surface area (TPSA) is 61.8 Å². The molecule has 0 aliphatic heterocycles. The Kier molecular flexibility index (Phi) is 4.70. The van der Waals surface area contributed by atoms with Crippen molar-refractivity contribution in [1.29, 1.82) is 0 Å². The van der Waals surface area contributed by atoms with Gasteiger partial charge in [0.1, 0.15) is 12.4 Å². The fourth-order valence-corrected chi connectivity index (χ4v) is 2.44. The molecule has 0 saturated carbocycles. The highest BCUT2D eigenvalue weighted by Gasteiger charge is 2.10. The van der Waals surface area contributed by atoms with Gasteiger partial charge >= 0.3 is 0 Å².